The maximum atomic E-state index is 12.2. The second kappa shape index (κ2) is 8.25. The van der Waals surface area contributed by atoms with Crippen LogP contribution < -0.4 is 10.5 Å². The van der Waals surface area contributed by atoms with Crippen LogP contribution in [0.4, 0.5) is 0 Å². The lowest BCUT2D eigenvalue weighted by Crippen LogP contribution is -2.46. The normalized spacial score (nSPS) is 19.6. The van der Waals surface area contributed by atoms with Crippen molar-refractivity contribution in [3.8, 4) is 5.75 Å². The Morgan fingerprint density at radius 1 is 1.43 bits per heavy atom. The minimum atomic E-state index is 0. The number of halogens is 1. The van der Waals surface area contributed by atoms with Crippen molar-refractivity contribution in [1.82, 2.24) is 4.90 Å². The summed E-state index contributed by atoms with van der Waals surface area (Å²) >= 11 is 0. The average molecular weight is 313 g/mol. The number of ether oxygens (including phenoxy) is 1. The second-order valence-corrected chi connectivity index (χ2v) is 5.70. The molecule has 2 atom stereocenters. The third-order valence-electron chi connectivity index (χ3n) is 3.94. The molecule has 1 aliphatic heterocycles. The van der Waals surface area contributed by atoms with Crippen LogP contribution in [-0.4, -0.2) is 36.5 Å². The fourth-order valence-electron chi connectivity index (χ4n) is 2.54. The molecule has 1 aromatic carbocycles. The van der Waals surface area contributed by atoms with Crippen LogP contribution >= 0.6 is 12.4 Å². The van der Waals surface area contributed by atoms with Gasteiger partial charge in [-0.3, -0.25) is 4.79 Å². The van der Waals surface area contributed by atoms with Gasteiger partial charge in [0.25, 0.3) is 5.91 Å². The van der Waals surface area contributed by atoms with E-state index in [-0.39, 0.29) is 31.0 Å². The molecule has 0 aliphatic carbocycles. The molecule has 1 heterocycles. The number of piperidine rings is 1. The predicted molar refractivity (Wildman–Crippen MR) is 86.9 cm³/mol. The molecule has 21 heavy (non-hydrogen) atoms. The Bertz CT molecular complexity index is 448. The molecule has 2 unspecified atom stereocenters. The first-order chi connectivity index (χ1) is 9.56. The summed E-state index contributed by atoms with van der Waals surface area (Å²) in [6.07, 6.45) is 2.14. The lowest BCUT2D eigenvalue weighted by Gasteiger charge is -2.34. The van der Waals surface area contributed by atoms with Crippen LogP contribution in [0, 0.1) is 12.8 Å². The first kappa shape index (κ1) is 17.8. The summed E-state index contributed by atoms with van der Waals surface area (Å²) in [4.78, 5) is 14.0. The molecule has 118 valence electrons. The maximum Gasteiger partial charge on any atom is 0.260 e. The van der Waals surface area contributed by atoms with Gasteiger partial charge in [0.2, 0.25) is 0 Å². The molecular formula is C16H25ClN2O2. The highest BCUT2D eigenvalue weighted by Gasteiger charge is 2.25. The molecule has 5 heteroatoms. The van der Waals surface area contributed by atoms with Crippen molar-refractivity contribution in [2.45, 2.75) is 32.7 Å². The summed E-state index contributed by atoms with van der Waals surface area (Å²) in [7, 11) is 0. The van der Waals surface area contributed by atoms with Crippen molar-refractivity contribution in [2.24, 2.45) is 11.7 Å². The number of hydrogen-bond acceptors (Lipinski definition) is 3. The molecule has 1 aliphatic rings. The minimum absolute atomic E-state index is 0. The van der Waals surface area contributed by atoms with Crippen LogP contribution in [0.2, 0.25) is 0 Å². The number of aryl methyl sites for hydroxylation is 1. The Labute approximate surface area is 133 Å². The van der Waals surface area contributed by atoms with E-state index in [4.69, 9.17) is 10.5 Å². The second-order valence-electron chi connectivity index (χ2n) is 5.70. The quantitative estimate of drug-likeness (QED) is 0.928. The molecule has 2 rings (SSSR count). The van der Waals surface area contributed by atoms with Gasteiger partial charge in [-0.15, -0.1) is 12.4 Å². The summed E-state index contributed by atoms with van der Waals surface area (Å²) in [6.45, 7) is 5.72. The van der Waals surface area contributed by atoms with E-state index in [1.165, 1.54) is 5.56 Å². The number of rotatable bonds is 4. The molecule has 0 saturated carbocycles. The molecule has 1 fully saturated rings. The number of benzene rings is 1. The van der Waals surface area contributed by atoms with Crippen molar-refractivity contribution >= 4 is 18.3 Å². The van der Waals surface area contributed by atoms with Crippen molar-refractivity contribution in [3.63, 3.8) is 0 Å². The van der Waals surface area contributed by atoms with E-state index < -0.39 is 0 Å². The Morgan fingerprint density at radius 3 is 2.71 bits per heavy atom. The van der Waals surface area contributed by atoms with Crippen LogP contribution in [0.15, 0.2) is 24.3 Å². The fraction of sp³-hybridized carbons (Fsp3) is 0.562. The number of carbonyl (C=O) groups is 1. The van der Waals surface area contributed by atoms with Crippen molar-refractivity contribution in [1.29, 1.82) is 0 Å². The number of nitrogens with two attached hydrogens (primary N) is 1. The van der Waals surface area contributed by atoms with E-state index in [0.29, 0.717) is 5.92 Å². The first-order valence-electron chi connectivity index (χ1n) is 7.29. The molecular weight excluding hydrogens is 288 g/mol. The Hall–Kier alpha value is -1.26. The lowest BCUT2D eigenvalue weighted by atomic mass is 9.92. The molecule has 2 N–H and O–H groups in total. The number of likely N-dealkylation sites (tertiary alicyclic amines) is 1. The Morgan fingerprint density at radius 2 is 2.10 bits per heavy atom. The number of nitrogens with zero attached hydrogens (tertiary/aromatic N) is 1. The van der Waals surface area contributed by atoms with Gasteiger partial charge in [0, 0.05) is 19.1 Å². The summed E-state index contributed by atoms with van der Waals surface area (Å²) in [5.41, 5.74) is 7.12. The monoisotopic (exact) mass is 312 g/mol. The van der Waals surface area contributed by atoms with Crippen LogP contribution in [0.1, 0.15) is 25.3 Å². The van der Waals surface area contributed by atoms with Crippen LogP contribution in [0.5, 0.6) is 5.75 Å². The molecule has 0 radical (unpaired) electrons. The van der Waals surface area contributed by atoms with E-state index in [9.17, 15) is 4.79 Å². The minimum Gasteiger partial charge on any atom is -0.484 e. The van der Waals surface area contributed by atoms with Crippen molar-refractivity contribution in [3.05, 3.63) is 29.8 Å². The van der Waals surface area contributed by atoms with E-state index in [1.807, 2.05) is 43.0 Å². The third-order valence-corrected chi connectivity index (χ3v) is 3.94. The molecule has 0 aromatic heterocycles. The van der Waals surface area contributed by atoms with Gasteiger partial charge in [0.05, 0.1) is 0 Å². The Kier molecular flexibility index (Phi) is 6.99. The van der Waals surface area contributed by atoms with Gasteiger partial charge in [-0.1, -0.05) is 17.7 Å². The Balaban J connectivity index is 0.00000220. The summed E-state index contributed by atoms with van der Waals surface area (Å²) in [5, 5.41) is 0. The zero-order valence-corrected chi connectivity index (χ0v) is 13.6. The number of amides is 1. The summed E-state index contributed by atoms with van der Waals surface area (Å²) in [6, 6.07) is 7.89. The van der Waals surface area contributed by atoms with Gasteiger partial charge >= 0.3 is 0 Å². The fourth-order valence-corrected chi connectivity index (χ4v) is 2.54. The topological polar surface area (TPSA) is 55.6 Å². The highest BCUT2D eigenvalue weighted by Crippen LogP contribution is 2.19. The van der Waals surface area contributed by atoms with Crippen LogP contribution in [0.3, 0.4) is 0 Å². The van der Waals surface area contributed by atoms with Crippen LogP contribution in [0.25, 0.3) is 0 Å². The largest absolute Gasteiger partial charge is 0.484 e. The highest BCUT2D eigenvalue weighted by atomic mass is 35.5. The van der Waals surface area contributed by atoms with E-state index in [1.54, 1.807) is 0 Å². The molecule has 1 aromatic rings. The van der Waals surface area contributed by atoms with Crippen molar-refractivity contribution < 1.29 is 9.53 Å². The zero-order valence-electron chi connectivity index (χ0n) is 12.7. The molecule has 1 saturated heterocycles. The predicted octanol–water partition coefficient (Wildman–Crippen LogP) is 2.38. The first-order valence-corrected chi connectivity index (χ1v) is 7.29. The van der Waals surface area contributed by atoms with Gasteiger partial charge in [-0.2, -0.15) is 0 Å². The zero-order chi connectivity index (χ0) is 14.5. The standard InChI is InChI=1S/C16H24N2O2.ClH/c1-12-5-7-15(8-6-12)20-11-16(19)18-9-3-4-14(10-18)13(2)17;/h5-8,13-14H,3-4,9-11,17H2,1-2H3;1H. The van der Waals surface area contributed by atoms with Gasteiger partial charge in [0.1, 0.15) is 5.75 Å². The highest BCUT2D eigenvalue weighted by molar-refractivity contribution is 5.85. The van der Waals surface area contributed by atoms with E-state index in [2.05, 4.69) is 0 Å². The van der Waals surface area contributed by atoms with Gasteiger partial charge in [0.15, 0.2) is 6.61 Å². The van der Waals surface area contributed by atoms with Gasteiger partial charge < -0.3 is 15.4 Å². The molecule has 1 amide bonds. The summed E-state index contributed by atoms with van der Waals surface area (Å²) < 4.78 is 5.55. The van der Waals surface area contributed by atoms with Crippen molar-refractivity contribution in [2.75, 3.05) is 19.7 Å². The molecule has 4 nitrogen and oxygen atoms in total. The summed E-state index contributed by atoms with van der Waals surface area (Å²) in [5.74, 6) is 1.20. The molecule has 0 spiro atoms. The van der Waals surface area contributed by atoms with E-state index in [0.717, 1.165) is 31.7 Å². The third kappa shape index (κ3) is 5.21. The number of carbonyl (C=O) groups excluding carboxylic acids is 1. The molecule has 0 bridgehead atoms. The number of hydrogen-bond donors (Lipinski definition) is 1. The van der Waals surface area contributed by atoms with Gasteiger partial charge in [-0.05, 0) is 44.7 Å². The van der Waals surface area contributed by atoms with Gasteiger partial charge in [-0.25, -0.2) is 0 Å². The average Bonchev–Trinajstić information content (AvgIpc) is 2.46. The van der Waals surface area contributed by atoms with Crippen LogP contribution in [-0.2, 0) is 4.79 Å². The van der Waals surface area contributed by atoms with E-state index >= 15 is 0 Å². The smallest absolute Gasteiger partial charge is 0.260 e. The SMILES string of the molecule is Cc1ccc(OCC(=O)N2CCCC(C(C)N)C2)cc1.Cl. The maximum absolute atomic E-state index is 12.2. The lowest BCUT2D eigenvalue weighted by molar-refractivity contribution is -0.135.